The molecule has 0 aliphatic carbocycles. The van der Waals surface area contributed by atoms with Gasteiger partial charge in [-0.15, -0.1) is 5.10 Å². The van der Waals surface area contributed by atoms with Gasteiger partial charge in [-0.25, -0.2) is 9.67 Å². The van der Waals surface area contributed by atoms with Gasteiger partial charge in [-0.2, -0.15) is 0 Å². The van der Waals surface area contributed by atoms with Gasteiger partial charge < -0.3 is 10.4 Å². The monoisotopic (exact) mass is 312 g/mol. The van der Waals surface area contributed by atoms with Crippen LogP contribution in [-0.2, 0) is 17.9 Å². The van der Waals surface area contributed by atoms with E-state index in [2.05, 4.69) is 20.6 Å². The highest BCUT2D eigenvalue weighted by Gasteiger charge is 2.16. The maximum atomic E-state index is 10.9. The van der Waals surface area contributed by atoms with Crippen molar-refractivity contribution < 1.29 is 14.8 Å². The number of anilines is 1. The Morgan fingerprint density at radius 2 is 2.33 bits per heavy atom. The number of nitrogens with one attached hydrogen (secondary N) is 1. The number of halogens is 1. The number of rotatable bonds is 6. The van der Waals surface area contributed by atoms with E-state index in [-0.39, 0.29) is 29.6 Å². The van der Waals surface area contributed by atoms with Gasteiger partial charge in [0.2, 0.25) is 5.82 Å². The molecule has 0 aromatic carbocycles. The number of hydrogen-bond acceptors (Lipinski definition) is 7. The zero-order valence-electron chi connectivity index (χ0n) is 10.4. The zero-order chi connectivity index (χ0) is 15.4. The molecule has 2 aromatic heterocycles. The summed E-state index contributed by atoms with van der Waals surface area (Å²) in [5.41, 5.74) is 0.155. The van der Waals surface area contributed by atoms with Crippen LogP contribution in [0.25, 0.3) is 0 Å². The molecule has 2 N–H and O–H groups in total. The average molecular weight is 313 g/mol. The van der Waals surface area contributed by atoms with Gasteiger partial charge in [-0.05, 0) is 0 Å². The molecule has 0 atom stereocenters. The van der Waals surface area contributed by atoms with Crippen LogP contribution in [0.5, 0.6) is 0 Å². The summed E-state index contributed by atoms with van der Waals surface area (Å²) in [6.45, 7) is -0.207. The SMILES string of the molecule is O=C(O)Cn1cc(CNc2ncc(Cl)cc2[N+](=O)[O-])nn1. The molecule has 0 fully saturated rings. The van der Waals surface area contributed by atoms with Crippen LogP contribution in [0.2, 0.25) is 5.02 Å². The first-order valence-corrected chi connectivity index (χ1v) is 5.98. The van der Waals surface area contributed by atoms with E-state index in [1.807, 2.05) is 0 Å². The van der Waals surface area contributed by atoms with Gasteiger partial charge in [0.25, 0.3) is 0 Å². The summed E-state index contributed by atoms with van der Waals surface area (Å²) in [5, 5.41) is 29.7. The van der Waals surface area contributed by atoms with Crippen molar-refractivity contribution in [1.82, 2.24) is 20.0 Å². The molecule has 2 heterocycles. The Morgan fingerprint density at radius 1 is 1.57 bits per heavy atom. The van der Waals surface area contributed by atoms with Crippen LogP contribution in [-0.4, -0.2) is 36.0 Å². The van der Waals surface area contributed by atoms with Crippen LogP contribution >= 0.6 is 11.6 Å². The topological polar surface area (TPSA) is 136 Å². The Bertz CT molecular complexity index is 688. The molecule has 11 heteroatoms. The maximum Gasteiger partial charge on any atom is 0.325 e. The van der Waals surface area contributed by atoms with Gasteiger partial charge in [-0.3, -0.25) is 14.9 Å². The first kappa shape index (κ1) is 14.7. The molecule has 110 valence electrons. The second kappa shape index (κ2) is 6.13. The number of pyridine rings is 1. The van der Waals surface area contributed by atoms with E-state index in [1.54, 1.807) is 0 Å². The molecule has 0 saturated carbocycles. The number of aromatic nitrogens is 4. The number of nitrogens with zero attached hydrogens (tertiary/aromatic N) is 5. The maximum absolute atomic E-state index is 10.9. The lowest BCUT2D eigenvalue weighted by atomic mass is 10.3. The fraction of sp³-hybridized carbons (Fsp3) is 0.200. The molecule has 2 aromatic rings. The number of carboxylic acids is 1. The molecule has 0 aliphatic heterocycles. The number of carbonyl (C=O) groups is 1. The molecule has 0 bridgehead atoms. The third-order valence-corrected chi connectivity index (χ3v) is 2.56. The minimum atomic E-state index is -1.05. The highest BCUT2D eigenvalue weighted by molar-refractivity contribution is 6.30. The van der Waals surface area contributed by atoms with E-state index in [0.717, 1.165) is 4.68 Å². The van der Waals surface area contributed by atoms with Crippen LogP contribution in [0.15, 0.2) is 18.5 Å². The standard InChI is InChI=1S/C10H9ClN6O4/c11-6-1-8(17(20)21)10(12-2-6)13-3-7-4-16(15-14-7)5-9(18)19/h1-2,4H,3,5H2,(H,12,13)(H,18,19). The highest BCUT2D eigenvalue weighted by Crippen LogP contribution is 2.25. The number of carboxylic acid groups (broad SMARTS) is 1. The van der Waals surface area contributed by atoms with Gasteiger partial charge in [0, 0.05) is 12.3 Å². The molecule has 10 nitrogen and oxygen atoms in total. The number of aliphatic carboxylic acids is 1. The molecular formula is C10H9ClN6O4. The van der Waals surface area contributed by atoms with Gasteiger partial charge >= 0.3 is 11.7 Å². The van der Waals surface area contributed by atoms with Gasteiger partial charge in [0.1, 0.15) is 12.2 Å². The van der Waals surface area contributed by atoms with E-state index < -0.39 is 10.9 Å². The second-order valence-electron chi connectivity index (χ2n) is 3.93. The van der Waals surface area contributed by atoms with E-state index in [9.17, 15) is 14.9 Å². The van der Waals surface area contributed by atoms with Gasteiger partial charge in [-0.1, -0.05) is 16.8 Å². The first-order valence-electron chi connectivity index (χ1n) is 5.60. The van der Waals surface area contributed by atoms with Crippen molar-refractivity contribution in [1.29, 1.82) is 0 Å². The van der Waals surface area contributed by atoms with Crippen LogP contribution in [0.4, 0.5) is 11.5 Å². The van der Waals surface area contributed by atoms with E-state index in [4.69, 9.17) is 16.7 Å². The Hall–Kier alpha value is -2.75. The van der Waals surface area contributed by atoms with Crippen molar-refractivity contribution in [3.05, 3.63) is 39.3 Å². The normalized spacial score (nSPS) is 10.3. The minimum absolute atomic E-state index is 0.0391. The first-order chi connectivity index (χ1) is 9.95. The predicted octanol–water partition coefficient (Wildman–Crippen LogP) is 0.931. The molecule has 0 amide bonds. The van der Waals surface area contributed by atoms with Crippen molar-refractivity contribution in [3.8, 4) is 0 Å². The smallest absolute Gasteiger partial charge is 0.325 e. The fourth-order valence-corrected chi connectivity index (χ4v) is 1.67. The molecule has 0 spiro atoms. The fourth-order valence-electron chi connectivity index (χ4n) is 1.51. The van der Waals surface area contributed by atoms with Crippen LogP contribution < -0.4 is 5.32 Å². The Balaban J connectivity index is 2.08. The predicted molar refractivity (Wildman–Crippen MR) is 70.9 cm³/mol. The van der Waals surface area contributed by atoms with Crippen molar-refractivity contribution in [2.45, 2.75) is 13.1 Å². The Morgan fingerprint density at radius 3 is 3.00 bits per heavy atom. The number of hydrogen-bond donors (Lipinski definition) is 2. The van der Waals surface area contributed by atoms with Crippen molar-refractivity contribution >= 4 is 29.1 Å². The zero-order valence-corrected chi connectivity index (χ0v) is 11.2. The van der Waals surface area contributed by atoms with Gasteiger partial charge in [0.05, 0.1) is 22.7 Å². The van der Waals surface area contributed by atoms with Gasteiger partial charge in [0.15, 0.2) is 0 Å². The average Bonchev–Trinajstić information content (AvgIpc) is 2.83. The highest BCUT2D eigenvalue weighted by atomic mass is 35.5. The largest absolute Gasteiger partial charge is 0.480 e. The summed E-state index contributed by atoms with van der Waals surface area (Å²) in [7, 11) is 0. The summed E-state index contributed by atoms with van der Waals surface area (Å²) in [4.78, 5) is 24.6. The van der Waals surface area contributed by atoms with E-state index in [1.165, 1.54) is 18.5 Å². The Labute approximate surface area is 122 Å². The van der Waals surface area contributed by atoms with Crippen LogP contribution in [0.1, 0.15) is 5.69 Å². The molecule has 0 saturated heterocycles. The van der Waals surface area contributed by atoms with Crippen molar-refractivity contribution in [3.63, 3.8) is 0 Å². The lowest BCUT2D eigenvalue weighted by Crippen LogP contribution is -2.09. The molecule has 2 rings (SSSR count). The molecule has 21 heavy (non-hydrogen) atoms. The summed E-state index contributed by atoms with van der Waals surface area (Å²) in [5.74, 6) is -1.01. The summed E-state index contributed by atoms with van der Waals surface area (Å²) in [6, 6.07) is 1.18. The van der Waals surface area contributed by atoms with Crippen molar-refractivity contribution in [2.75, 3.05) is 5.32 Å². The van der Waals surface area contributed by atoms with Crippen molar-refractivity contribution in [2.24, 2.45) is 0 Å². The minimum Gasteiger partial charge on any atom is -0.480 e. The van der Waals surface area contributed by atoms with Crippen LogP contribution in [0.3, 0.4) is 0 Å². The molecule has 0 aliphatic rings. The third-order valence-electron chi connectivity index (χ3n) is 2.35. The molecule has 0 radical (unpaired) electrons. The lowest BCUT2D eigenvalue weighted by Gasteiger charge is -2.04. The lowest BCUT2D eigenvalue weighted by molar-refractivity contribution is -0.384. The van der Waals surface area contributed by atoms with E-state index in [0.29, 0.717) is 5.69 Å². The molecule has 0 unspecified atom stereocenters. The summed E-state index contributed by atoms with van der Waals surface area (Å²) >= 11 is 5.65. The van der Waals surface area contributed by atoms with E-state index >= 15 is 0 Å². The quantitative estimate of drug-likeness (QED) is 0.593. The second-order valence-corrected chi connectivity index (χ2v) is 4.37. The number of nitro groups is 1. The summed E-state index contributed by atoms with van der Waals surface area (Å²) in [6.07, 6.45) is 2.70. The molecular weight excluding hydrogens is 304 g/mol. The Kier molecular flexibility index (Phi) is 4.28. The third kappa shape index (κ3) is 3.86. The summed E-state index contributed by atoms with van der Waals surface area (Å²) < 4.78 is 1.14. The van der Waals surface area contributed by atoms with Crippen LogP contribution in [0, 0.1) is 10.1 Å².